The Morgan fingerprint density at radius 2 is 1.96 bits per heavy atom. The summed E-state index contributed by atoms with van der Waals surface area (Å²) in [7, 11) is 0. The van der Waals surface area contributed by atoms with Crippen molar-refractivity contribution in [2.45, 2.75) is 83.8 Å². The van der Waals surface area contributed by atoms with Crippen LogP contribution in [-0.4, -0.2) is 27.7 Å². The summed E-state index contributed by atoms with van der Waals surface area (Å²) >= 11 is 0. The first-order valence-corrected chi connectivity index (χ1v) is 9.89. The maximum Gasteiger partial charge on any atom is 0.155 e. The lowest BCUT2D eigenvalue weighted by Gasteiger charge is -2.60. The zero-order valence-electron chi connectivity index (χ0n) is 15.3. The third-order valence-corrected chi connectivity index (χ3v) is 8.80. The normalized spacial score (nSPS) is 53.9. The number of allylic oxidation sites excluding steroid dienone is 1. The molecule has 0 aromatic carbocycles. The molecule has 0 aliphatic heterocycles. The van der Waals surface area contributed by atoms with Crippen molar-refractivity contribution in [2.24, 2.45) is 28.6 Å². The van der Waals surface area contributed by atoms with Gasteiger partial charge in [-0.2, -0.15) is 0 Å². The molecule has 0 radical (unpaired) electrons. The topological polar surface area (TPSA) is 57.5 Å². The van der Waals surface area contributed by atoms with Crippen LogP contribution in [-0.2, 0) is 4.79 Å². The Morgan fingerprint density at radius 1 is 1.21 bits per heavy atom. The SMILES string of the molecule is CC[C@]1(O)CCC2C3CCC4=CC(=O)CC[C@]4(C)C3[C@H](O)C[C@@]21C. The van der Waals surface area contributed by atoms with Gasteiger partial charge in [-0.3, -0.25) is 4.79 Å². The smallest absolute Gasteiger partial charge is 0.155 e. The minimum atomic E-state index is -0.622. The average Bonchev–Trinajstić information content (AvgIpc) is 2.79. The third-order valence-electron chi connectivity index (χ3n) is 8.80. The van der Waals surface area contributed by atoms with E-state index in [0.29, 0.717) is 24.7 Å². The first kappa shape index (κ1) is 16.8. The molecule has 24 heavy (non-hydrogen) atoms. The predicted molar refractivity (Wildman–Crippen MR) is 93.3 cm³/mol. The second-order valence-corrected chi connectivity index (χ2v) is 9.50. The molecular formula is C21H32O3. The van der Waals surface area contributed by atoms with Gasteiger partial charge in [0.15, 0.2) is 5.78 Å². The van der Waals surface area contributed by atoms with Crippen LogP contribution in [0.5, 0.6) is 0 Å². The first-order valence-electron chi connectivity index (χ1n) is 9.89. The quantitative estimate of drug-likeness (QED) is 0.771. The number of carbonyl (C=O) groups excluding carboxylic acids is 1. The van der Waals surface area contributed by atoms with Gasteiger partial charge in [0.05, 0.1) is 11.7 Å². The number of hydrogen-bond donors (Lipinski definition) is 2. The van der Waals surface area contributed by atoms with Crippen LogP contribution in [0.3, 0.4) is 0 Å². The van der Waals surface area contributed by atoms with Crippen LogP contribution in [0, 0.1) is 28.6 Å². The van der Waals surface area contributed by atoms with Gasteiger partial charge in [0, 0.05) is 11.8 Å². The summed E-state index contributed by atoms with van der Waals surface area (Å²) < 4.78 is 0. The fourth-order valence-electron chi connectivity index (χ4n) is 7.36. The van der Waals surface area contributed by atoms with Gasteiger partial charge in [-0.05, 0) is 74.2 Å². The van der Waals surface area contributed by atoms with Gasteiger partial charge in [-0.15, -0.1) is 0 Å². The van der Waals surface area contributed by atoms with Crippen LogP contribution < -0.4 is 0 Å². The van der Waals surface area contributed by atoms with E-state index in [1.807, 2.05) is 6.08 Å². The lowest BCUT2D eigenvalue weighted by Crippen LogP contribution is -2.59. The van der Waals surface area contributed by atoms with E-state index in [-0.39, 0.29) is 28.6 Å². The molecule has 3 heteroatoms. The van der Waals surface area contributed by atoms with E-state index < -0.39 is 5.60 Å². The minimum Gasteiger partial charge on any atom is -0.393 e. The Labute approximate surface area is 145 Å². The van der Waals surface area contributed by atoms with Gasteiger partial charge in [-0.1, -0.05) is 26.3 Å². The number of aliphatic hydroxyl groups excluding tert-OH is 1. The molecule has 0 aromatic heterocycles. The summed E-state index contributed by atoms with van der Waals surface area (Å²) in [6.07, 6.45) is 8.53. The van der Waals surface area contributed by atoms with Gasteiger partial charge >= 0.3 is 0 Å². The lowest BCUT2D eigenvalue weighted by molar-refractivity contribution is -0.172. The molecule has 3 nitrogen and oxygen atoms in total. The Hall–Kier alpha value is -0.670. The van der Waals surface area contributed by atoms with Crippen LogP contribution in [0.4, 0.5) is 0 Å². The highest BCUT2D eigenvalue weighted by atomic mass is 16.3. The standard InChI is InChI=1S/C21H32O3/c1-4-21(24)10-8-16-15-6-5-13-11-14(22)7-9-19(13,2)18(15)17(23)12-20(16,21)3/h11,15-18,23-24H,4-10,12H2,1-3H3/t15?,16?,17-,18?,19+,20+,21+/m1/s1. The fraction of sp³-hybridized carbons (Fsp3) is 0.857. The lowest BCUT2D eigenvalue weighted by atomic mass is 9.45. The first-order chi connectivity index (χ1) is 11.2. The van der Waals surface area contributed by atoms with E-state index in [9.17, 15) is 15.0 Å². The highest BCUT2D eigenvalue weighted by Crippen LogP contribution is 2.67. The van der Waals surface area contributed by atoms with Gasteiger partial charge in [0.25, 0.3) is 0 Å². The van der Waals surface area contributed by atoms with Crippen molar-refractivity contribution in [3.63, 3.8) is 0 Å². The Bertz CT molecular complexity index is 596. The average molecular weight is 332 g/mol. The van der Waals surface area contributed by atoms with Gasteiger partial charge < -0.3 is 10.2 Å². The van der Waals surface area contributed by atoms with E-state index in [1.165, 1.54) is 5.57 Å². The van der Waals surface area contributed by atoms with E-state index >= 15 is 0 Å². The Kier molecular flexibility index (Phi) is 3.61. The maximum atomic E-state index is 11.9. The molecule has 4 rings (SSSR count). The van der Waals surface area contributed by atoms with Crippen molar-refractivity contribution >= 4 is 5.78 Å². The summed E-state index contributed by atoms with van der Waals surface area (Å²) in [6.45, 7) is 6.60. The van der Waals surface area contributed by atoms with Crippen LogP contribution >= 0.6 is 0 Å². The second kappa shape index (κ2) is 5.17. The second-order valence-electron chi connectivity index (χ2n) is 9.50. The minimum absolute atomic E-state index is 0.0233. The summed E-state index contributed by atoms with van der Waals surface area (Å²) in [5.74, 6) is 1.50. The molecule has 2 N–H and O–H groups in total. The summed E-state index contributed by atoms with van der Waals surface area (Å²) in [5.41, 5.74) is 0.476. The molecule has 0 aromatic rings. The van der Waals surface area contributed by atoms with E-state index in [4.69, 9.17) is 0 Å². The van der Waals surface area contributed by atoms with E-state index in [2.05, 4.69) is 20.8 Å². The predicted octanol–water partition coefficient (Wildman–Crippen LogP) is 3.63. The van der Waals surface area contributed by atoms with Crippen LogP contribution in [0.25, 0.3) is 0 Å². The zero-order chi connectivity index (χ0) is 17.3. The molecule has 4 aliphatic carbocycles. The van der Waals surface area contributed by atoms with Gasteiger partial charge in [-0.25, -0.2) is 0 Å². The number of aliphatic hydroxyl groups is 2. The number of rotatable bonds is 1. The summed E-state index contributed by atoms with van der Waals surface area (Å²) in [5, 5.41) is 22.4. The largest absolute Gasteiger partial charge is 0.393 e. The Balaban J connectivity index is 1.74. The molecule has 4 aliphatic rings. The number of fused-ring (bicyclic) bond motifs is 5. The van der Waals surface area contributed by atoms with Gasteiger partial charge in [0.2, 0.25) is 0 Å². The highest BCUT2D eigenvalue weighted by Gasteiger charge is 2.65. The monoisotopic (exact) mass is 332 g/mol. The molecule has 134 valence electrons. The summed E-state index contributed by atoms with van der Waals surface area (Å²) in [6, 6.07) is 0. The van der Waals surface area contributed by atoms with Crippen LogP contribution in [0.2, 0.25) is 0 Å². The molecule has 7 atom stereocenters. The van der Waals surface area contributed by atoms with E-state index in [1.54, 1.807) is 0 Å². The van der Waals surface area contributed by atoms with E-state index in [0.717, 1.165) is 38.5 Å². The van der Waals surface area contributed by atoms with Crippen molar-refractivity contribution in [1.82, 2.24) is 0 Å². The zero-order valence-corrected chi connectivity index (χ0v) is 15.3. The van der Waals surface area contributed by atoms with Crippen molar-refractivity contribution in [2.75, 3.05) is 0 Å². The molecule has 3 unspecified atom stereocenters. The van der Waals surface area contributed by atoms with Crippen molar-refractivity contribution < 1.29 is 15.0 Å². The molecule has 0 saturated heterocycles. The van der Waals surface area contributed by atoms with Crippen molar-refractivity contribution in [3.05, 3.63) is 11.6 Å². The summed E-state index contributed by atoms with van der Waals surface area (Å²) in [4.78, 5) is 11.9. The molecule has 0 heterocycles. The fourth-order valence-corrected chi connectivity index (χ4v) is 7.36. The van der Waals surface area contributed by atoms with Crippen LogP contribution in [0.15, 0.2) is 11.6 Å². The number of ketones is 1. The van der Waals surface area contributed by atoms with Crippen LogP contribution in [0.1, 0.15) is 72.1 Å². The third kappa shape index (κ3) is 1.94. The Morgan fingerprint density at radius 3 is 2.67 bits per heavy atom. The highest BCUT2D eigenvalue weighted by molar-refractivity contribution is 5.91. The number of carbonyl (C=O) groups is 1. The van der Waals surface area contributed by atoms with Gasteiger partial charge in [0.1, 0.15) is 0 Å². The van der Waals surface area contributed by atoms with Crippen molar-refractivity contribution in [3.8, 4) is 0 Å². The molecular weight excluding hydrogens is 300 g/mol. The molecule has 0 spiro atoms. The number of hydrogen-bond acceptors (Lipinski definition) is 3. The molecule has 3 saturated carbocycles. The molecule has 3 fully saturated rings. The molecule has 0 bridgehead atoms. The molecule has 0 amide bonds. The maximum absolute atomic E-state index is 11.9. The van der Waals surface area contributed by atoms with Crippen molar-refractivity contribution in [1.29, 1.82) is 0 Å².